The molecule has 0 unspecified atom stereocenters. The Morgan fingerprint density at radius 1 is 0.710 bits per heavy atom. The molecular weight excluding hydrogens is 376 g/mol. The Kier molecular flexibility index (Phi) is 4.82. The van der Waals surface area contributed by atoms with Crippen molar-refractivity contribution in [3.63, 3.8) is 0 Å². The molecule has 5 aliphatic rings. The van der Waals surface area contributed by atoms with Gasteiger partial charge in [-0.25, -0.2) is 0 Å². The Hall–Kier alpha value is -0.300. The first-order chi connectivity index (χ1) is 14.3. The zero-order chi connectivity index (χ0) is 22.6. The predicted molar refractivity (Wildman–Crippen MR) is 131 cm³/mol. The smallest absolute Gasteiger partial charge is 0.0594 e. The van der Waals surface area contributed by atoms with Crippen molar-refractivity contribution < 1.29 is 5.11 Å². The van der Waals surface area contributed by atoms with Crippen LogP contribution in [-0.2, 0) is 0 Å². The minimum atomic E-state index is -0.115. The molecule has 31 heavy (non-hydrogen) atoms. The van der Waals surface area contributed by atoms with Crippen LogP contribution >= 0.6 is 0 Å². The van der Waals surface area contributed by atoms with Crippen molar-refractivity contribution >= 4 is 0 Å². The van der Waals surface area contributed by atoms with Gasteiger partial charge in [-0.3, -0.25) is 0 Å². The maximum Gasteiger partial charge on any atom is 0.0594 e. The molecule has 176 valence electrons. The van der Waals surface area contributed by atoms with Gasteiger partial charge >= 0.3 is 0 Å². The Bertz CT molecular complexity index is 790. The van der Waals surface area contributed by atoms with Gasteiger partial charge in [0.1, 0.15) is 0 Å². The summed E-state index contributed by atoms with van der Waals surface area (Å²) in [5.74, 6) is 3.10. The molecule has 0 saturated heterocycles. The highest BCUT2D eigenvalue weighted by atomic mass is 16.3. The largest absolute Gasteiger partial charge is 0.393 e. The van der Waals surface area contributed by atoms with Crippen LogP contribution < -0.4 is 0 Å². The van der Waals surface area contributed by atoms with Crippen molar-refractivity contribution in [2.24, 2.45) is 50.7 Å². The van der Waals surface area contributed by atoms with Gasteiger partial charge in [-0.2, -0.15) is 0 Å². The predicted octanol–water partition coefficient (Wildman–Crippen LogP) is 8.17. The lowest BCUT2D eigenvalue weighted by atomic mass is 9.32. The van der Waals surface area contributed by atoms with Crippen molar-refractivity contribution in [2.75, 3.05) is 0 Å². The molecule has 1 nitrogen and oxygen atoms in total. The molecule has 0 aromatic rings. The molecule has 1 N–H and O–H groups in total. The van der Waals surface area contributed by atoms with E-state index >= 15 is 0 Å². The van der Waals surface area contributed by atoms with E-state index < -0.39 is 0 Å². The van der Waals surface area contributed by atoms with E-state index in [9.17, 15) is 5.11 Å². The van der Waals surface area contributed by atoms with Crippen LogP contribution in [0, 0.1) is 50.7 Å². The third-order valence-corrected chi connectivity index (χ3v) is 13.2. The SMILES string of the molecule is CC(C)C1=C2CC[C@]3(C)[C@H](CC[C@@H]4[C@@]5(C)CC[C@H](O)C(C)(C)[C@H]5CC[C@]43C)[C@@]2(C)CC1. The van der Waals surface area contributed by atoms with E-state index in [-0.39, 0.29) is 11.5 Å². The van der Waals surface area contributed by atoms with E-state index in [1.807, 2.05) is 11.1 Å². The lowest BCUT2D eigenvalue weighted by molar-refractivity contribution is -0.239. The second kappa shape index (κ2) is 6.64. The summed E-state index contributed by atoms with van der Waals surface area (Å²) in [5, 5.41) is 10.9. The molecule has 0 radical (unpaired) electrons. The van der Waals surface area contributed by atoms with Crippen LogP contribution in [0.25, 0.3) is 0 Å². The summed E-state index contributed by atoms with van der Waals surface area (Å²) in [5.41, 5.74) is 5.57. The van der Waals surface area contributed by atoms with Gasteiger partial charge in [0.05, 0.1) is 6.10 Å². The summed E-state index contributed by atoms with van der Waals surface area (Å²) in [6.07, 6.45) is 13.3. The normalized spacial score (nSPS) is 53.6. The van der Waals surface area contributed by atoms with E-state index in [1.165, 1.54) is 57.8 Å². The second-order valence-corrected chi connectivity index (χ2v) is 14.6. The fourth-order valence-corrected chi connectivity index (χ4v) is 11.3. The number of aliphatic hydroxyl groups is 1. The van der Waals surface area contributed by atoms with Gasteiger partial charge in [0, 0.05) is 0 Å². The first-order valence-electron chi connectivity index (χ1n) is 13.7. The minimum absolute atomic E-state index is 0.0676. The Morgan fingerprint density at radius 3 is 2.03 bits per heavy atom. The number of hydrogen-bond donors (Lipinski definition) is 1. The van der Waals surface area contributed by atoms with Gasteiger partial charge in [-0.1, -0.05) is 66.5 Å². The van der Waals surface area contributed by atoms with Crippen molar-refractivity contribution in [2.45, 2.75) is 126 Å². The summed E-state index contributed by atoms with van der Waals surface area (Å²) in [7, 11) is 0. The molecule has 0 heterocycles. The molecular formula is C30H50O. The van der Waals surface area contributed by atoms with Gasteiger partial charge in [-0.05, 0) is 115 Å². The van der Waals surface area contributed by atoms with Crippen molar-refractivity contribution in [3.8, 4) is 0 Å². The van der Waals surface area contributed by atoms with E-state index in [0.29, 0.717) is 27.6 Å². The van der Waals surface area contributed by atoms with Crippen LogP contribution in [0.3, 0.4) is 0 Å². The first-order valence-corrected chi connectivity index (χ1v) is 13.7. The molecule has 4 saturated carbocycles. The second-order valence-electron chi connectivity index (χ2n) is 14.6. The van der Waals surface area contributed by atoms with Crippen LogP contribution in [0.4, 0.5) is 0 Å². The third kappa shape index (κ3) is 2.60. The average molecular weight is 427 g/mol. The highest BCUT2D eigenvalue weighted by molar-refractivity contribution is 5.35. The molecule has 0 aromatic carbocycles. The Balaban J connectivity index is 1.55. The highest BCUT2D eigenvalue weighted by Gasteiger charge is 2.69. The van der Waals surface area contributed by atoms with Gasteiger partial charge in [0.2, 0.25) is 0 Å². The molecule has 5 rings (SSSR count). The monoisotopic (exact) mass is 426 g/mol. The lowest BCUT2D eigenvalue weighted by Gasteiger charge is -2.73. The molecule has 0 aromatic heterocycles. The maximum atomic E-state index is 10.9. The first kappa shape index (κ1) is 22.5. The van der Waals surface area contributed by atoms with E-state index in [4.69, 9.17) is 0 Å². The van der Waals surface area contributed by atoms with Crippen LogP contribution in [-0.4, -0.2) is 11.2 Å². The number of hydrogen-bond acceptors (Lipinski definition) is 1. The summed E-state index contributed by atoms with van der Waals surface area (Å²) >= 11 is 0. The number of fused-ring (bicyclic) bond motifs is 7. The molecule has 4 fully saturated rings. The van der Waals surface area contributed by atoms with Crippen LogP contribution in [0.2, 0.25) is 0 Å². The Morgan fingerprint density at radius 2 is 1.35 bits per heavy atom. The fraction of sp³-hybridized carbons (Fsp3) is 0.933. The molecule has 0 spiro atoms. The van der Waals surface area contributed by atoms with E-state index in [2.05, 4.69) is 55.4 Å². The van der Waals surface area contributed by atoms with Crippen molar-refractivity contribution in [1.82, 2.24) is 0 Å². The van der Waals surface area contributed by atoms with Gasteiger partial charge in [0.25, 0.3) is 0 Å². The maximum absolute atomic E-state index is 10.9. The molecule has 5 aliphatic carbocycles. The average Bonchev–Trinajstić information content (AvgIpc) is 3.03. The van der Waals surface area contributed by atoms with Gasteiger partial charge < -0.3 is 5.11 Å². The van der Waals surface area contributed by atoms with Crippen LogP contribution in [0.15, 0.2) is 11.1 Å². The molecule has 0 aliphatic heterocycles. The van der Waals surface area contributed by atoms with Crippen LogP contribution in [0.1, 0.15) is 120 Å². The topological polar surface area (TPSA) is 20.2 Å². The standard InChI is InChI=1S/C30H50O/c1-19(2)20-11-15-27(5)21(20)12-17-29(7)23(27)9-10-24-28(6)16-14-25(31)26(3,4)22(28)13-18-30(24,29)8/h19,22-25,31H,9-18H2,1-8H3/t22-,23-,24-,25+,27+,28+,29-,30-/m1/s1. The summed E-state index contributed by atoms with van der Waals surface area (Å²) in [4.78, 5) is 0. The zero-order valence-electron chi connectivity index (χ0n) is 21.9. The molecule has 0 amide bonds. The number of aliphatic hydroxyl groups excluding tert-OH is 1. The lowest BCUT2D eigenvalue weighted by Crippen LogP contribution is -2.66. The molecule has 8 atom stereocenters. The van der Waals surface area contributed by atoms with Crippen LogP contribution in [0.5, 0.6) is 0 Å². The van der Waals surface area contributed by atoms with E-state index in [0.717, 1.165) is 24.2 Å². The number of rotatable bonds is 1. The zero-order valence-corrected chi connectivity index (χ0v) is 21.9. The van der Waals surface area contributed by atoms with Crippen molar-refractivity contribution in [1.29, 1.82) is 0 Å². The fourth-order valence-electron chi connectivity index (χ4n) is 11.3. The summed E-state index contributed by atoms with van der Waals surface area (Å²) < 4.78 is 0. The Labute approximate surface area is 192 Å². The quantitative estimate of drug-likeness (QED) is 0.419. The van der Waals surface area contributed by atoms with Gasteiger partial charge in [-0.15, -0.1) is 0 Å². The van der Waals surface area contributed by atoms with E-state index in [1.54, 1.807) is 0 Å². The molecule has 1 heteroatoms. The number of allylic oxidation sites excluding steroid dienone is 2. The third-order valence-electron chi connectivity index (χ3n) is 13.2. The highest BCUT2D eigenvalue weighted by Crippen LogP contribution is 2.77. The molecule has 0 bridgehead atoms. The van der Waals surface area contributed by atoms with Crippen molar-refractivity contribution in [3.05, 3.63) is 11.1 Å². The summed E-state index contributed by atoms with van der Waals surface area (Å²) in [6.45, 7) is 20.4. The summed E-state index contributed by atoms with van der Waals surface area (Å²) in [6, 6.07) is 0. The minimum Gasteiger partial charge on any atom is -0.393 e. The van der Waals surface area contributed by atoms with Gasteiger partial charge in [0.15, 0.2) is 0 Å².